The summed E-state index contributed by atoms with van der Waals surface area (Å²) < 4.78 is 0.934. The Labute approximate surface area is 105 Å². The van der Waals surface area contributed by atoms with Crippen molar-refractivity contribution in [1.82, 2.24) is 0 Å². The number of halogens is 3. The molecule has 0 bridgehead atoms. The monoisotopic (exact) mass is 338 g/mol. The zero-order valence-corrected chi connectivity index (χ0v) is 11.5. The molecule has 1 aromatic rings. The van der Waals surface area contributed by atoms with Crippen LogP contribution in [0.2, 0.25) is 0 Å². The Morgan fingerprint density at radius 1 is 1.57 bits per heavy atom. The molecule has 0 radical (unpaired) electrons. The van der Waals surface area contributed by atoms with Gasteiger partial charge in [0.05, 0.1) is 0 Å². The summed E-state index contributed by atoms with van der Waals surface area (Å²) in [5.74, 6) is -0.0352. The summed E-state index contributed by atoms with van der Waals surface area (Å²) in [6, 6.07) is 5.77. The molecular weight excluding hydrogens is 331 g/mol. The summed E-state index contributed by atoms with van der Waals surface area (Å²) in [7, 11) is 0. The van der Waals surface area contributed by atoms with Gasteiger partial charge >= 0.3 is 0 Å². The standard InChI is InChI=1S/C10H9Br2ClO/c1-6(14)10(13)9-4-8(12)3-2-7(9)5-11/h2-4,10H,5H2,1H3. The highest BCUT2D eigenvalue weighted by molar-refractivity contribution is 9.10. The van der Waals surface area contributed by atoms with Crippen molar-refractivity contribution >= 4 is 49.2 Å². The van der Waals surface area contributed by atoms with Gasteiger partial charge in [-0.25, -0.2) is 0 Å². The van der Waals surface area contributed by atoms with Crippen molar-refractivity contribution in [3.8, 4) is 0 Å². The Hall–Kier alpha value is 0.140. The zero-order valence-electron chi connectivity index (χ0n) is 7.56. The summed E-state index contributed by atoms with van der Waals surface area (Å²) in [6.45, 7) is 1.50. The van der Waals surface area contributed by atoms with E-state index >= 15 is 0 Å². The summed E-state index contributed by atoms with van der Waals surface area (Å²) in [6.07, 6.45) is 0. The fourth-order valence-corrected chi connectivity index (χ4v) is 2.23. The SMILES string of the molecule is CC(=O)C(Cl)c1cc(Br)ccc1CBr. The van der Waals surface area contributed by atoms with E-state index in [0.29, 0.717) is 5.33 Å². The molecule has 14 heavy (non-hydrogen) atoms. The lowest BCUT2D eigenvalue weighted by molar-refractivity contribution is -0.116. The molecule has 1 rings (SSSR count). The van der Waals surface area contributed by atoms with Crippen LogP contribution < -0.4 is 0 Å². The van der Waals surface area contributed by atoms with Crippen molar-refractivity contribution in [2.24, 2.45) is 0 Å². The van der Waals surface area contributed by atoms with E-state index in [0.717, 1.165) is 15.6 Å². The number of rotatable bonds is 3. The molecule has 0 amide bonds. The van der Waals surface area contributed by atoms with Gasteiger partial charge in [-0.2, -0.15) is 0 Å². The lowest BCUT2D eigenvalue weighted by Gasteiger charge is -2.11. The molecule has 0 saturated heterocycles. The minimum Gasteiger partial charge on any atom is -0.298 e. The van der Waals surface area contributed by atoms with E-state index in [4.69, 9.17) is 11.6 Å². The van der Waals surface area contributed by atoms with Crippen LogP contribution in [0.15, 0.2) is 22.7 Å². The van der Waals surface area contributed by atoms with Gasteiger partial charge in [0.2, 0.25) is 0 Å². The molecule has 0 fully saturated rings. The summed E-state index contributed by atoms with van der Waals surface area (Å²) in [5, 5.41) is 0.145. The third kappa shape index (κ3) is 2.81. The molecule has 0 aromatic heterocycles. The predicted molar refractivity (Wildman–Crippen MR) is 66.0 cm³/mol. The average Bonchev–Trinajstić information content (AvgIpc) is 2.16. The lowest BCUT2D eigenvalue weighted by atomic mass is 10.0. The number of hydrogen-bond acceptors (Lipinski definition) is 1. The fourth-order valence-electron chi connectivity index (χ4n) is 1.14. The second kappa shape index (κ2) is 5.29. The summed E-state index contributed by atoms with van der Waals surface area (Å²) in [4.78, 5) is 11.2. The topological polar surface area (TPSA) is 17.1 Å². The summed E-state index contributed by atoms with van der Waals surface area (Å²) >= 11 is 12.7. The highest BCUT2D eigenvalue weighted by atomic mass is 79.9. The van der Waals surface area contributed by atoms with E-state index < -0.39 is 5.38 Å². The third-order valence-electron chi connectivity index (χ3n) is 1.88. The van der Waals surface area contributed by atoms with Gasteiger partial charge in [0, 0.05) is 9.80 Å². The normalized spacial score (nSPS) is 12.6. The largest absolute Gasteiger partial charge is 0.298 e. The minimum absolute atomic E-state index is 0.0352. The molecule has 4 heteroatoms. The van der Waals surface area contributed by atoms with Crippen LogP contribution in [0.3, 0.4) is 0 Å². The molecule has 1 aromatic carbocycles. The second-order valence-electron chi connectivity index (χ2n) is 2.95. The van der Waals surface area contributed by atoms with Crippen molar-refractivity contribution in [2.45, 2.75) is 17.6 Å². The van der Waals surface area contributed by atoms with Gasteiger partial charge in [0.1, 0.15) is 5.38 Å². The van der Waals surface area contributed by atoms with Gasteiger partial charge in [0.25, 0.3) is 0 Å². The van der Waals surface area contributed by atoms with Crippen LogP contribution in [0.1, 0.15) is 23.4 Å². The van der Waals surface area contributed by atoms with E-state index in [2.05, 4.69) is 31.9 Å². The molecule has 0 aliphatic carbocycles. The Bertz CT molecular complexity index is 352. The highest BCUT2D eigenvalue weighted by Gasteiger charge is 2.16. The first-order chi connectivity index (χ1) is 6.56. The number of carbonyl (C=O) groups excluding carboxylic acids is 1. The van der Waals surface area contributed by atoms with Crippen molar-refractivity contribution in [3.05, 3.63) is 33.8 Å². The predicted octanol–water partition coefficient (Wildman–Crippen LogP) is 4.21. The number of benzene rings is 1. The van der Waals surface area contributed by atoms with Crippen LogP contribution in [0.5, 0.6) is 0 Å². The fraction of sp³-hybridized carbons (Fsp3) is 0.300. The van der Waals surface area contributed by atoms with Crippen LogP contribution in [0, 0.1) is 0 Å². The quantitative estimate of drug-likeness (QED) is 0.753. The van der Waals surface area contributed by atoms with E-state index in [1.54, 1.807) is 0 Å². The van der Waals surface area contributed by atoms with Gasteiger partial charge in [0.15, 0.2) is 5.78 Å². The molecule has 1 nitrogen and oxygen atoms in total. The molecule has 0 spiro atoms. The zero-order chi connectivity index (χ0) is 10.7. The first kappa shape index (κ1) is 12.2. The van der Waals surface area contributed by atoms with Gasteiger partial charge < -0.3 is 0 Å². The highest BCUT2D eigenvalue weighted by Crippen LogP contribution is 2.29. The summed E-state index contributed by atoms with van der Waals surface area (Å²) in [5.41, 5.74) is 1.91. The second-order valence-corrected chi connectivity index (χ2v) is 4.86. The molecule has 0 aliphatic heterocycles. The van der Waals surface area contributed by atoms with Crippen LogP contribution in [0.4, 0.5) is 0 Å². The van der Waals surface area contributed by atoms with E-state index in [9.17, 15) is 4.79 Å². The number of carbonyl (C=O) groups is 1. The first-order valence-corrected chi connectivity index (χ1v) is 6.40. The smallest absolute Gasteiger partial charge is 0.152 e. The van der Waals surface area contributed by atoms with Gasteiger partial charge in [-0.3, -0.25) is 4.79 Å². The molecule has 0 saturated carbocycles. The van der Waals surface area contributed by atoms with Crippen molar-refractivity contribution in [1.29, 1.82) is 0 Å². The van der Waals surface area contributed by atoms with Gasteiger partial charge in [-0.05, 0) is 30.2 Å². The van der Waals surface area contributed by atoms with Gasteiger partial charge in [-0.1, -0.05) is 37.9 Å². The molecular formula is C10H9Br2ClO. The maximum atomic E-state index is 11.2. The van der Waals surface area contributed by atoms with Crippen molar-refractivity contribution in [2.75, 3.05) is 0 Å². The van der Waals surface area contributed by atoms with Crippen molar-refractivity contribution in [3.63, 3.8) is 0 Å². The molecule has 76 valence electrons. The number of alkyl halides is 2. The maximum absolute atomic E-state index is 11.2. The number of hydrogen-bond donors (Lipinski definition) is 0. The lowest BCUT2D eigenvalue weighted by Crippen LogP contribution is -2.04. The third-order valence-corrected chi connectivity index (χ3v) is 3.52. The Balaban J connectivity index is 3.16. The van der Waals surface area contributed by atoms with Crippen LogP contribution >= 0.6 is 43.5 Å². The molecule has 1 atom stereocenters. The number of Topliss-reactive ketones (excluding diaryl/α,β-unsaturated/α-hetero) is 1. The maximum Gasteiger partial charge on any atom is 0.152 e. The van der Waals surface area contributed by atoms with E-state index in [1.807, 2.05) is 18.2 Å². The van der Waals surface area contributed by atoms with E-state index in [1.165, 1.54) is 6.92 Å². The Kier molecular flexibility index (Phi) is 4.61. The average molecular weight is 340 g/mol. The Morgan fingerprint density at radius 3 is 2.71 bits per heavy atom. The Morgan fingerprint density at radius 2 is 2.21 bits per heavy atom. The van der Waals surface area contributed by atoms with Crippen molar-refractivity contribution < 1.29 is 4.79 Å². The van der Waals surface area contributed by atoms with E-state index in [-0.39, 0.29) is 5.78 Å². The van der Waals surface area contributed by atoms with Crippen LogP contribution in [0.25, 0.3) is 0 Å². The van der Waals surface area contributed by atoms with Crippen LogP contribution in [-0.2, 0) is 10.1 Å². The minimum atomic E-state index is -0.556. The van der Waals surface area contributed by atoms with Crippen LogP contribution in [-0.4, -0.2) is 5.78 Å². The molecule has 0 N–H and O–H groups in total. The molecule has 0 heterocycles. The first-order valence-electron chi connectivity index (χ1n) is 4.05. The molecule has 1 unspecified atom stereocenters. The van der Waals surface area contributed by atoms with Gasteiger partial charge in [-0.15, -0.1) is 11.6 Å². The number of ketones is 1. The molecule has 0 aliphatic rings.